The molecule has 1 aromatic carbocycles. The van der Waals surface area contributed by atoms with Gasteiger partial charge in [-0.3, -0.25) is 4.90 Å². The molecule has 0 bridgehead atoms. The number of halogens is 2. The lowest BCUT2D eigenvalue weighted by atomic mass is 10.0. The second kappa shape index (κ2) is 6.65. The topological polar surface area (TPSA) is 29.3 Å². The van der Waals surface area contributed by atoms with Crippen LogP contribution in [0.15, 0.2) is 12.1 Å². The van der Waals surface area contributed by atoms with E-state index in [9.17, 15) is 0 Å². The maximum atomic E-state index is 6.04. The zero-order valence-corrected chi connectivity index (χ0v) is 13.0. The predicted molar refractivity (Wildman–Crippen MR) is 81.3 cm³/mol. The summed E-state index contributed by atoms with van der Waals surface area (Å²) in [4.78, 5) is 2.30. The van der Waals surface area contributed by atoms with E-state index in [2.05, 4.69) is 32.7 Å². The fourth-order valence-electron chi connectivity index (χ4n) is 2.03. The van der Waals surface area contributed by atoms with Crippen molar-refractivity contribution in [3.05, 3.63) is 27.7 Å². The molecule has 0 spiro atoms. The van der Waals surface area contributed by atoms with Gasteiger partial charge in [-0.1, -0.05) is 37.0 Å². The summed E-state index contributed by atoms with van der Waals surface area (Å²) in [6, 6.07) is 4.31. The van der Waals surface area contributed by atoms with E-state index in [1.165, 1.54) is 6.42 Å². The van der Waals surface area contributed by atoms with Crippen LogP contribution in [0.2, 0.25) is 10.0 Å². The zero-order valence-electron chi connectivity index (χ0n) is 11.5. The highest BCUT2D eigenvalue weighted by molar-refractivity contribution is 6.38. The fourth-order valence-corrected chi connectivity index (χ4v) is 2.57. The van der Waals surface area contributed by atoms with E-state index in [1.54, 1.807) is 0 Å². The van der Waals surface area contributed by atoms with E-state index < -0.39 is 0 Å². The first-order valence-electron chi connectivity index (χ1n) is 6.25. The Labute approximate surface area is 120 Å². The Morgan fingerprint density at radius 2 is 1.67 bits per heavy atom. The summed E-state index contributed by atoms with van der Waals surface area (Å²) in [5, 5.41) is 1.06. The molecule has 0 aliphatic carbocycles. The van der Waals surface area contributed by atoms with Crippen molar-refractivity contribution in [1.29, 1.82) is 0 Å². The molecule has 2 N–H and O–H groups in total. The Morgan fingerprint density at radius 1 is 1.17 bits per heavy atom. The number of anilines is 1. The molecule has 0 saturated carbocycles. The molecular formula is C14H22Cl2N2. The lowest BCUT2D eigenvalue weighted by Crippen LogP contribution is -2.29. The zero-order chi connectivity index (χ0) is 13.9. The molecule has 102 valence electrons. The van der Waals surface area contributed by atoms with Crippen molar-refractivity contribution >= 4 is 28.9 Å². The minimum Gasteiger partial charge on any atom is -0.396 e. The largest absolute Gasteiger partial charge is 0.396 e. The summed E-state index contributed by atoms with van der Waals surface area (Å²) >= 11 is 12.1. The van der Waals surface area contributed by atoms with Gasteiger partial charge in [-0.2, -0.15) is 0 Å². The smallest absolute Gasteiger partial charge is 0.0693 e. The number of benzene rings is 1. The minimum absolute atomic E-state index is 0.458. The fraction of sp³-hybridized carbons (Fsp3) is 0.571. The van der Waals surface area contributed by atoms with Crippen molar-refractivity contribution < 1.29 is 0 Å². The first-order valence-corrected chi connectivity index (χ1v) is 7.00. The van der Waals surface area contributed by atoms with Crippen LogP contribution in [-0.4, -0.2) is 18.0 Å². The Morgan fingerprint density at radius 3 is 2.11 bits per heavy atom. The van der Waals surface area contributed by atoms with Gasteiger partial charge in [0.1, 0.15) is 0 Å². The molecule has 0 amide bonds. The molecule has 2 nitrogen and oxygen atoms in total. The van der Waals surface area contributed by atoms with Crippen LogP contribution in [0.3, 0.4) is 0 Å². The van der Waals surface area contributed by atoms with Gasteiger partial charge in [0.05, 0.1) is 15.7 Å². The van der Waals surface area contributed by atoms with Crippen molar-refractivity contribution in [1.82, 2.24) is 4.90 Å². The summed E-state index contributed by atoms with van der Waals surface area (Å²) in [7, 11) is 2.12. The van der Waals surface area contributed by atoms with Crippen molar-refractivity contribution in [2.24, 2.45) is 5.92 Å². The highest BCUT2D eigenvalue weighted by Crippen LogP contribution is 2.29. The molecule has 0 aliphatic rings. The highest BCUT2D eigenvalue weighted by atomic mass is 35.5. The summed E-state index contributed by atoms with van der Waals surface area (Å²) in [6.45, 7) is 7.54. The first-order chi connectivity index (χ1) is 8.31. The van der Waals surface area contributed by atoms with E-state index >= 15 is 0 Å². The minimum atomic E-state index is 0.458. The average molecular weight is 289 g/mol. The molecule has 18 heavy (non-hydrogen) atoms. The molecule has 0 aliphatic heterocycles. The van der Waals surface area contributed by atoms with Crippen molar-refractivity contribution in [3.8, 4) is 0 Å². The van der Waals surface area contributed by atoms with Crippen LogP contribution in [0.1, 0.15) is 32.8 Å². The second-order valence-electron chi connectivity index (χ2n) is 5.37. The van der Waals surface area contributed by atoms with Crippen molar-refractivity contribution in [2.75, 3.05) is 12.8 Å². The Balaban J connectivity index is 2.73. The van der Waals surface area contributed by atoms with Gasteiger partial charge in [0.25, 0.3) is 0 Å². The maximum Gasteiger partial charge on any atom is 0.0693 e. The first kappa shape index (κ1) is 15.6. The van der Waals surface area contributed by atoms with Gasteiger partial charge in [-0.05, 0) is 44.0 Å². The van der Waals surface area contributed by atoms with Gasteiger partial charge in [0, 0.05) is 12.6 Å². The molecule has 1 atom stereocenters. The molecule has 0 saturated heterocycles. The molecule has 1 unspecified atom stereocenters. The number of nitrogen functional groups attached to an aromatic ring is 1. The van der Waals surface area contributed by atoms with E-state index in [-0.39, 0.29) is 0 Å². The number of nitrogens with two attached hydrogens (primary N) is 1. The molecule has 1 rings (SSSR count). The summed E-state index contributed by atoms with van der Waals surface area (Å²) in [5.74, 6) is 0.695. The van der Waals surface area contributed by atoms with Gasteiger partial charge in [0.2, 0.25) is 0 Å². The van der Waals surface area contributed by atoms with Crippen molar-refractivity contribution in [2.45, 2.75) is 39.8 Å². The van der Waals surface area contributed by atoms with E-state index in [4.69, 9.17) is 28.9 Å². The van der Waals surface area contributed by atoms with E-state index in [1.807, 2.05) is 12.1 Å². The Kier molecular flexibility index (Phi) is 5.77. The van der Waals surface area contributed by atoms with Crippen LogP contribution >= 0.6 is 23.2 Å². The number of rotatable bonds is 5. The average Bonchev–Trinajstić information content (AvgIpc) is 2.24. The third-order valence-electron chi connectivity index (χ3n) is 3.14. The second-order valence-corrected chi connectivity index (χ2v) is 6.18. The Hall–Kier alpha value is -0.440. The van der Waals surface area contributed by atoms with Crippen LogP contribution < -0.4 is 5.73 Å². The molecule has 1 aromatic rings. The van der Waals surface area contributed by atoms with E-state index in [0.29, 0.717) is 27.7 Å². The molecule has 0 heterocycles. The monoisotopic (exact) mass is 288 g/mol. The Bertz CT molecular complexity index is 382. The molecule has 0 fully saturated rings. The lowest BCUT2D eigenvalue weighted by molar-refractivity contribution is 0.220. The summed E-state index contributed by atoms with van der Waals surface area (Å²) in [5.41, 5.74) is 7.28. The number of hydrogen-bond acceptors (Lipinski definition) is 2. The molecule has 0 radical (unpaired) electrons. The lowest BCUT2D eigenvalue weighted by Gasteiger charge is -2.26. The predicted octanol–water partition coefficient (Wildman–Crippen LogP) is 4.44. The third kappa shape index (κ3) is 4.34. The van der Waals surface area contributed by atoms with Gasteiger partial charge < -0.3 is 5.73 Å². The van der Waals surface area contributed by atoms with Crippen LogP contribution in [0.4, 0.5) is 5.69 Å². The summed E-state index contributed by atoms with van der Waals surface area (Å²) < 4.78 is 0. The molecular weight excluding hydrogens is 267 g/mol. The third-order valence-corrected chi connectivity index (χ3v) is 3.76. The van der Waals surface area contributed by atoms with Crippen LogP contribution in [0.5, 0.6) is 0 Å². The van der Waals surface area contributed by atoms with Gasteiger partial charge in [0.15, 0.2) is 0 Å². The van der Waals surface area contributed by atoms with Crippen molar-refractivity contribution in [3.63, 3.8) is 0 Å². The summed E-state index contributed by atoms with van der Waals surface area (Å²) in [6.07, 6.45) is 1.17. The van der Waals surface area contributed by atoms with Crippen LogP contribution in [0, 0.1) is 5.92 Å². The normalized spacial score (nSPS) is 13.3. The molecule has 4 heteroatoms. The standard InChI is InChI=1S/C14H22Cl2N2/c1-9(2)5-10(3)18(4)8-11-6-12(15)14(17)13(16)7-11/h6-7,9-10H,5,8,17H2,1-4H3. The SMILES string of the molecule is CC(C)CC(C)N(C)Cc1cc(Cl)c(N)c(Cl)c1. The number of nitrogens with zero attached hydrogens (tertiary/aromatic N) is 1. The van der Waals surface area contributed by atoms with Gasteiger partial charge in [-0.25, -0.2) is 0 Å². The van der Waals surface area contributed by atoms with Crippen LogP contribution in [0.25, 0.3) is 0 Å². The number of hydrogen-bond donors (Lipinski definition) is 1. The quantitative estimate of drug-likeness (QED) is 0.812. The van der Waals surface area contributed by atoms with Crippen LogP contribution in [-0.2, 0) is 6.54 Å². The van der Waals surface area contributed by atoms with Gasteiger partial charge in [-0.15, -0.1) is 0 Å². The van der Waals surface area contributed by atoms with E-state index in [0.717, 1.165) is 12.1 Å². The van der Waals surface area contributed by atoms with Gasteiger partial charge >= 0.3 is 0 Å². The maximum absolute atomic E-state index is 6.04. The molecule has 0 aromatic heterocycles. The highest BCUT2D eigenvalue weighted by Gasteiger charge is 2.13.